The minimum atomic E-state index is -0.428. The van der Waals surface area contributed by atoms with Crippen molar-refractivity contribution in [1.29, 1.82) is 0 Å². The fourth-order valence-corrected chi connectivity index (χ4v) is 2.76. The number of ether oxygens (including phenoxy) is 1. The van der Waals surface area contributed by atoms with Gasteiger partial charge in [0, 0.05) is 15.5 Å². The van der Waals surface area contributed by atoms with E-state index in [2.05, 4.69) is 4.99 Å². The number of carbonyl (C=O) groups excluding carboxylic acids is 1. The maximum absolute atomic E-state index is 11.8. The van der Waals surface area contributed by atoms with Crippen molar-refractivity contribution in [3.63, 3.8) is 0 Å². The lowest BCUT2D eigenvalue weighted by Crippen LogP contribution is -2.05. The summed E-state index contributed by atoms with van der Waals surface area (Å²) in [4.78, 5) is 17.1. The third kappa shape index (κ3) is 2.53. The van der Waals surface area contributed by atoms with Crippen LogP contribution in [0.3, 0.4) is 0 Å². The number of thiophene rings is 1. The lowest BCUT2D eigenvalue weighted by atomic mass is 10.2. The highest BCUT2D eigenvalue weighted by Crippen LogP contribution is 2.24. The second-order valence-electron chi connectivity index (χ2n) is 4.31. The minimum absolute atomic E-state index is 0.312. The fraction of sp³-hybridized carbons (Fsp3) is 0.0667. The van der Waals surface area contributed by atoms with Crippen molar-refractivity contribution in [3.8, 4) is 0 Å². The zero-order valence-corrected chi connectivity index (χ0v) is 12.2. The zero-order chi connectivity index (χ0) is 14.1. The number of aryl methyl sites for hydroxylation is 1. The van der Waals surface area contributed by atoms with Crippen LogP contribution in [0.1, 0.15) is 16.0 Å². The molecule has 3 nitrogen and oxygen atoms in total. The molecule has 0 atom stereocenters. The highest BCUT2D eigenvalue weighted by molar-refractivity contribution is 7.11. The molecule has 1 aliphatic heterocycles. The number of hydrogen-bond donors (Lipinski definition) is 0. The van der Waals surface area contributed by atoms with Gasteiger partial charge in [-0.2, -0.15) is 0 Å². The number of benzene rings is 1. The van der Waals surface area contributed by atoms with E-state index in [1.165, 1.54) is 0 Å². The van der Waals surface area contributed by atoms with Crippen molar-refractivity contribution in [3.05, 3.63) is 62.4 Å². The molecule has 1 aliphatic rings. The van der Waals surface area contributed by atoms with Gasteiger partial charge >= 0.3 is 5.97 Å². The van der Waals surface area contributed by atoms with E-state index in [1.807, 2.05) is 18.4 Å². The minimum Gasteiger partial charge on any atom is -0.402 e. The molecule has 0 saturated heterocycles. The topological polar surface area (TPSA) is 38.7 Å². The summed E-state index contributed by atoms with van der Waals surface area (Å²) in [5, 5.41) is 2.61. The van der Waals surface area contributed by atoms with Crippen molar-refractivity contribution >= 4 is 40.9 Å². The van der Waals surface area contributed by atoms with Gasteiger partial charge < -0.3 is 4.74 Å². The Bertz CT molecular complexity index is 729. The van der Waals surface area contributed by atoms with E-state index in [0.29, 0.717) is 16.6 Å². The molecule has 0 radical (unpaired) electrons. The van der Waals surface area contributed by atoms with Gasteiger partial charge in [0.1, 0.15) is 0 Å². The van der Waals surface area contributed by atoms with Crippen LogP contribution in [0.25, 0.3) is 6.08 Å². The lowest BCUT2D eigenvalue weighted by Gasteiger charge is -1.98. The molecule has 100 valence electrons. The molecule has 0 saturated carbocycles. The largest absolute Gasteiger partial charge is 0.402 e. The second-order valence-corrected chi connectivity index (χ2v) is 5.69. The molecule has 0 fully saturated rings. The van der Waals surface area contributed by atoms with Crippen molar-refractivity contribution in [1.82, 2.24) is 0 Å². The van der Waals surface area contributed by atoms with E-state index >= 15 is 0 Å². The molecule has 0 N–H and O–H groups in total. The van der Waals surface area contributed by atoms with Crippen LogP contribution in [0.2, 0.25) is 5.02 Å². The maximum Gasteiger partial charge on any atom is 0.363 e. The molecule has 0 aliphatic carbocycles. The van der Waals surface area contributed by atoms with E-state index in [9.17, 15) is 4.79 Å². The Hall–Kier alpha value is -1.91. The highest BCUT2D eigenvalue weighted by Gasteiger charge is 2.24. The first-order chi connectivity index (χ1) is 9.63. The standard InChI is InChI=1S/C15H10ClNO2S/c1-9-6-7-20-13(9)8-12-15(18)19-14(17-12)10-2-4-11(16)5-3-10/h2-8H,1H3. The van der Waals surface area contributed by atoms with Gasteiger partial charge in [0.05, 0.1) is 0 Å². The molecule has 2 heterocycles. The van der Waals surface area contributed by atoms with Gasteiger partial charge in [-0.1, -0.05) is 11.6 Å². The predicted molar refractivity (Wildman–Crippen MR) is 81.1 cm³/mol. The summed E-state index contributed by atoms with van der Waals surface area (Å²) in [5.41, 5.74) is 2.17. The molecular formula is C15H10ClNO2S. The number of aliphatic imine (C=N–C) groups is 1. The molecule has 1 aromatic heterocycles. The average molecular weight is 304 g/mol. The smallest absolute Gasteiger partial charge is 0.363 e. The van der Waals surface area contributed by atoms with Crippen LogP contribution < -0.4 is 0 Å². The molecule has 20 heavy (non-hydrogen) atoms. The molecule has 3 rings (SSSR count). The Kier molecular flexibility index (Phi) is 3.42. The van der Waals surface area contributed by atoms with Crippen LogP contribution in [-0.2, 0) is 9.53 Å². The van der Waals surface area contributed by atoms with Gasteiger partial charge in [0.15, 0.2) is 5.70 Å². The van der Waals surface area contributed by atoms with Gasteiger partial charge in [-0.15, -0.1) is 11.3 Å². The van der Waals surface area contributed by atoms with Crippen LogP contribution in [0, 0.1) is 6.92 Å². The van der Waals surface area contributed by atoms with Crippen LogP contribution in [0.15, 0.2) is 46.4 Å². The number of cyclic esters (lactones) is 1. The summed E-state index contributed by atoms with van der Waals surface area (Å²) >= 11 is 7.40. The Morgan fingerprint density at radius 2 is 2.00 bits per heavy atom. The molecule has 0 amide bonds. The van der Waals surface area contributed by atoms with E-state index in [-0.39, 0.29) is 0 Å². The molecule has 1 aromatic carbocycles. The van der Waals surface area contributed by atoms with Crippen molar-refractivity contribution in [2.24, 2.45) is 4.99 Å². The van der Waals surface area contributed by atoms with Crippen molar-refractivity contribution < 1.29 is 9.53 Å². The molecule has 0 spiro atoms. The average Bonchev–Trinajstić information content (AvgIpc) is 2.99. The number of rotatable bonds is 2. The number of nitrogens with zero attached hydrogens (tertiary/aromatic N) is 1. The van der Waals surface area contributed by atoms with Crippen LogP contribution in [0.5, 0.6) is 0 Å². The zero-order valence-electron chi connectivity index (χ0n) is 10.6. The van der Waals surface area contributed by atoms with Crippen LogP contribution >= 0.6 is 22.9 Å². The number of esters is 1. The molecular weight excluding hydrogens is 294 g/mol. The number of halogens is 1. The first kappa shape index (κ1) is 13.1. The molecule has 5 heteroatoms. The third-order valence-electron chi connectivity index (χ3n) is 2.88. The van der Waals surface area contributed by atoms with E-state index in [0.717, 1.165) is 16.0 Å². The summed E-state index contributed by atoms with van der Waals surface area (Å²) in [7, 11) is 0. The van der Waals surface area contributed by atoms with Crippen molar-refractivity contribution in [2.45, 2.75) is 6.92 Å². The van der Waals surface area contributed by atoms with Gasteiger partial charge in [0.2, 0.25) is 5.90 Å². The molecule has 2 aromatic rings. The molecule has 0 bridgehead atoms. The predicted octanol–water partition coefficient (Wildman–Crippen LogP) is 4.05. The number of hydrogen-bond acceptors (Lipinski definition) is 4. The normalized spacial score (nSPS) is 16.4. The van der Waals surface area contributed by atoms with Gasteiger partial charge in [-0.3, -0.25) is 0 Å². The van der Waals surface area contributed by atoms with Crippen LogP contribution in [-0.4, -0.2) is 11.9 Å². The lowest BCUT2D eigenvalue weighted by molar-refractivity contribution is -0.129. The number of carbonyl (C=O) groups is 1. The van der Waals surface area contributed by atoms with Gasteiger partial charge in [-0.25, -0.2) is 9.79 Å². The quantitative estimate of drug-likeness (QED) is 0.620. The maximum atomic E-state index is 11.8. The van der Waals surface area contributed by atoms with Gasteiger partial charge in [0.25, 0.3) is 0 Å². The Morgan fingerprint density at radius 1 is 1.25 bits per heavy atom. The Balaban J connectivity index is 1.95. The SMILES string of the molecule is Cc1ccsc1C=C1N=C(c2ccc(Cl)cc2)OC1=O. The third-order valence-corrected chi connectivity index (χ3v) is 4.10. The fourth-order valence-electron chi connectivity index (χ4n) is 1.78. The molecule has 0 unspecified atom stereocenters. The van der Waals surface area contributed by atoms with Crippen molar-refractivity contribution in [2.75, 3.05) is 0 Å². The van der Waals surface area contributed by atoms with Crippen LogP contribution in [0.4, 0.5) is 0 Å². The Labute approximate surface area is 125 Å². The van der Waals surface area contributed by atoms with Gasteiger partial charge in [-0.05, 0) is 54.3 Å². The monoisotopic (exact) mass is 303 g/mol. The van der Waals surface area contributed by atoms with E-state index in [1.54, 1.807) is 41.7 Å². The Morgan fingerprint density at radius 3 is 2.65 bits per heavy atom. The first-order valence-corrected chi connectivity index (χ1v) is 7.22. The summed E-state index contributed by atoms with van der Waals surface area (Å²) < 4.78 is 5.19. The highest BCUT2D eigenvalue weighted by atomic mass is 35.5. The van der Waals surface area contributed by atoms with E-state index in [4.69, 9.17) is 16.3 Å². The summed E-state index contributed by atoms with van der Waals surface area (Å²) in [6.45, 7) is 1.99. The summed E-state index contributed by atoms with van der Waals surface area (Å²) in [6.07, 6.45) is 1.76. The first-order valence-electron chi connectivity index (χ1n) is 5.96. The summed E-state index contributed by atoms with van der Waals surface area (Å²) in [5.74, 6) is -0.116. The van der Waals surface area contributed by atoms with E-state index < -0.39 is 5.97 Å². The summed E-state index contributed by atoms with van der Waals surface area (Å²) in [6, 6.07) is 9.01. The second kappa shape index (κ2) is 5.23.